The van der Waals surface area contributed by atoms with Gasteiger partial charge in [-0.05, 0) is 73.5 Å². The molecule has 0 unspecified atom stereocenters. The van der Waals surface area contributed by atoms with Gasteiger partial charge in [0.1, 0.15) is 0 Å². The molecule has 0 aliphatic heterocycles. The van der Waals surface area contributed by atoms with Crippen LogP contribution in [0.5, 0.6) is 0 Å². The second kappa shape index (κ2) is 9.24. The van der Waals surface area contributed by atoms with Gasteiger partial charge < -0.3 is 0 Å². The van der Waals surface area contributed by atoms with E-state index in [1.807, 2.05) is 24.2 Å². The van der Waals surface area contributed by atoms with Gasteiger partial charge in [0.25, 0.3) is 0 Å². The van der Waals surface area contributed by atoms with Crippen LogP contribution in [0, 0.1) is 0 Å². The average molecular weight is 490 g/mol. The summed E-state index contributed by atoms with van der Waals surface area (Å²) in [6.45, 7) is 0. The lowest BCUT2D eigenvalue weighted by Gasteiger charge is -2.17. The molecule has 0 fully saturated rings. The van der Waals surface area contributed by atoms with E-state index >= 15 is 0 Å². The first-order chi connectivity index (χ1) is 18.3. The monoisotopic (exact) mass is 489 g/mol. The Bertz CT molecular complexity index is 1830. The first-order valence-corrected chi connectivity index (χ1v) is 13.3. The zero-order valence-corrected chi connectivity index (χ0v) is 21.0. The lowest BCUT2D eigenvalue weighted by molar-refractivity contribution is 1.36. The number of rotatable bonds is 4. The highest BCUT2D eigenvalue weighted by molar-refractivity contribution is 7.99. The normalized spacial score (nSPS) is 11.4. The second-order valence-electron chi connectivity index (χ2n) is 9.23. The van der Waals surface area contributed by atoms with Crippen LogP contribution in [0.15, 0.2) is 150 Å². The van der Waals surface area contributed by atoms with Crippen LogP contribution >= 0.6 is 11.8 Å². The Hall–Kier alpha value is -4.40. The largest absolute Gasteiger partial charge is 0.264 e. The van der Waals surface area contributed by atoms with Crippen LogP contribution in [-0.4, -0.2) is 4.98 Å². The van der Waals surface area contributed by atoms with Crippen molar-refractivity contribution in [2.24, 2.45) is 0 Å². The molecule has 7 aromatic rings. The molecular weight excluding hydrogens is 466 g/mol. The number of fused-ring (bicyclic) bond motifs is 3. The van der Waals surface area contributed by atoms with E-state index in [-0.39, 0.29) is 0 Å². The van der Waals surface area contributed by atoms with Crippen LogP contribution < -0.4 is 0 Å². The molecule has 0 aliphatic rings. The lowest BCUT2D eigenvalue weighted by Crippen LogP contribution is -1.90. The molecule has 2 heteroatoms. The van der Waals surface area contributed by atoms with Gasteiger partial charge in [0.2, 0.25) is 0 Å². The predicted molar refractivity (Wildman–Crippen MR) is 158 cm³/mol. The van der Waals surface area contributed by atoms with Gasteiger partial charge in [-0.3, -0.25) is 4.98 Å². The minimum Gasteiger partial charge on any atom is -0.264 e. The molecule has 0 spiro atoms. The highest BCUT2D eigenvalue weighted by Gasteiger charge is 2.16. The fourth-order valence-electron chi connectivity index (χ4n) is 5.21. The lowest BCUT2D eigenvalue weighted by atomic mass is 9.92. The minimum atomic E-state index is 1.18. The van der Waals surface area contributed by atoms with Crippen LogP contribution in [0.3, 0.4) is 0 Å². The third-order valence-electron chi connectivity index (χ3n) is 7.00. The Labute approximate surface area is 220 Å². The zero-order chi connectivity index (χ0) is 24.6. The Kier molecular flexibility index (Phi) is 5.45. The van der Waals surface area contributed by atoms with Gasteiger partial charge in [0.05, 0.1) is 0 Å². The summed E-state index contributed by atoms with van der Waals surface area (Å²) >= 11 is 1.83. The number of nitrogens with zero attached hydrogens (tertiary/aromatic N) is 1. The molecule has 0 radical (unpaired) electrons. The predicted octanol–water partition coefficient (Wildman–Crippen LogP) is 10.0. The van der Waals surface area contributed by atoms with E-state index < -0.39 is 0 Å². The van der Waals surface area contributed by atoms with Crippen molar-refractivity contribution in [2.75, 3.05) is 0 Å². The Morgan fingerprint density at radius 3 is 1.95 bits per heavy atom. The highest BCUT2D eigenvalue weighted by atomic mass is 32.2. The maximum Gasteiger partial charge on any atom is 0.0353 e. The Morgan fingerprint density at radius 2 is 1.11 bits per heavy atom. The van der Waals surface area contributed by atoms with E-state index in [0.717, 1.165) is 0 Å². The molecule has 0 saturated carbocycles. The number of aromatic nitrogens is 1. The second-order valence-corrected chi connectivity index (χ2v) is 10.3. The van der Waals surface area contributed by atoms with Gasteiger partial charge >= 0.3 is 0 Å². The van der Waals surface area contributed by atoms with Crippen LogP contribution in [0.4, 0.5) is 0 Å². The number of hydrogen-bond donors (Lipinski definition) is 0. The van der Waals surface area contributed by atoms with Crippen LogP contribution in [0.2, 0.25) is 0 Å². The number of pyridine rings is 1. The molecule has 1 nitrogen and oxygen atoms in total. The summed E-state index contributed by atoms with van der Waals surface area (Å²) < 4.78 is 0. The van der Waals surface area contributed by atoms with Gasteiger partial charge in [-0.15, -0.1) is 0 Å². The van der Waals surface area contributed by atoms with E-state index in [4.69, 9.17) is 0 Å². The smallest absolute Gasteiger partial charge is 0.0353 e. The molecule has 0 atom stereocenters. The summed E-state index contributed by atoms with van der Waals surface area (Å²) in [7, 11) is 0. The number of hydrogen-bond acceptors (Lipinski definition) is 2. The van der Waals surface area contributed by atoms with Crippen molar-refractivity contribution in [2.45, 2.75) is 9.79 Å². The molecule has 1 heterocycles. The summed E-state index contributed by atoms with van der Waals surface area (Å²) in [5.41, 5.74) is 4.93. The number of benzene rings is 6. The molecule has 0 amide bonds. The molecule has 6 aromatic carbocycles. The van der Waals surface area contributed by atoms with Crippen LogP contribution in [0.1, 0.15) is 0 Å². The molecule has 1 aromatic heterocycles. The standard InChI is InChI=1S/C35H23NS/c1-2-8-24(9-3-1)26-16-18-29(19-17-26)37-35-31-13-7-6-12-30(31)34(33-23-36-21-20-32(33)35)28-15-14-25-10-4-5-11-27(25)22-28/h1-23H. The Balaban J connectivity index is 1.41. The van der Waals surface area contributed by atoms with Crippen molar-refractivity contribution in [3.8, 4) is 22.3 Å². The maximum absolute atomic E-state index is 4.55. The van der Waals surface area contributed by atoms with Crippen molar-refractivity contribution >= 4 is 44.1 Å². The zero-order valence-electron chi connectivity index (χ0n) is 20.1. The molecule has 37 heavy (non-hydrogen) atoms. The molecule has 0 saturated heterocycles. The van der Waals surface area contributed by atoms with Crippen molar-refractivity contribution < 1.29 is 0 Å². The van der Waals surface area contributed by atoms with Gasteiger partial charge in [-0.2, -0.15) is 0 Å². The third kappa shape index (κ3) is 3.96. The fraction of sp³-hybridized carbons (Fsp3) is 0. The van der Waals surface area contributed by atoms with Crippen molar-refractivity contribution in [1.29, 1.82) is 0 Å². The molecule has 7 rings (SSSR count). The van der Waals surface area contributed by atoms with E-state index in [0.29, 0.717) is 0 Å². The van der Waals surface area contributed by atoms with Crippen molar-refractivity contribution in [1.82, 2.24) is 4.98 Å². The van der Waals surface area contributed by atoms with Crippen LogP contribution in [-0.2, 0) is 0 Å². The van der Waals surface area contributed by atoms with Gasteiger partial charge in [0.15, 0.2) is 0 Å². The summed E-state index contributed by atoms with van der Waals surface area (Å²) in [6.07, 6.45) is 3.93. The molecule has 0 bridgehead atoms. The van der Waals surface area contributed by atoms with Gasteiger partial charge in [0, 0.05) is 27.6 Å². The van der Waals surface area contributed by atoms with Gasteiger partial charge in [-0.25, -0.2) is 0 Å². The summed E-state index contributed by atoms with van der Waals surface area (Å²) in [5, 5.41) is 7.43. The topological polar surface area (TPSA) is 12.9 Å². The summed E-state index contributed by atoms with van der Waals surface area (Å²) in [4.78, 5) is 7.04. The van der Waals surface area contributed by atoms with E-state index in [1.165, 1.54) is 64.4 Å². The quantitative estimate of drug-likeness (QED) is 0.228. The van der Waals surface area contributed by atoms with Crippen molar-refractivity contribution in [3.63, 3.8) is 0 Å². The average Bonchev–Trinajstić information content (AvgIpc) is 2.98. The maximum atomic E-state index is 4.55. The van der Waals surface area contributed by atoms with E-state index in [1.54, 1.807) is 0 Å². The fourth-order valence-corrected chi connectivity index (χ4v) is 6.29. The SMILES string of the molecule is c1ccc(-c2ccc(Sc3c4ccccc4c(-c4ccc5ccccc5c4)c4cnccc34)cc2)cc1. The van der Waals surface area contributed by atoms with E-state index in [2.05, 4.69) is 132 Å². The third-order valence-corrected chi connectivity index (χ3v) is 8.15. The molecule has 0 aliphatic carbocycles. The molecule has 0 N–H and O–H groups in total. The Morgan fingerprint density at radius 1 is 0.459 bits per heavy atom. The molecule has 174 valence electrons. The summed E-state index contributed by atoms with van der Waals surface area (Å²) in [6, 6.07) is 45.7. The van der Waals surface area contributed by atoms with Gasteiger partial charge in [-0.1, -0.05) is 115 Å². The first-order valence-electron chi connectivity index (χ1n) is 12.5. The van der Waals surface area contributed by atoms with Crippen LogP contribution in [0.25, 0.3) is 54.6 Å². The van der Waals surface area contributed by atoms with E-state index in [9.17, 15) is 0 Å². The summed E-state index contributed by atoms with van der Waals surface area (Å²) in [5.74, 6) is 0. The molecular formula is C35H23NS. The van der Waals surface area contributed by atoms with Crippen molar-refractivity contribution in [3.05, 3.63) is 140 Å². The first kappa shape index (κ1) is 21.8. The minimum absolute atomic E-state index is 1.18. The highest BCUT2D eigenvalue weighted by Crippen LogP contribution is 2.45.